The third kappa shape index (κ3) is 3.59. The molecular weight excluding hydrogens is 348 g/mol. The second-order valence-electron chi connectivity index (χ2n) is 7.05. The van der Waals surface area contributed by atoms with Crippen LogP contribution in [0.4, 0.5) is 5.82 Å². The van der Waals surface area contributed by atoms with Crippen molar-refractivity contribution in [2.45, 2.75) is 31.8 Å². The summed E-state index contributed by atoms with van der Waals surface area (Å²) >= 11 is 1.61. The molecule has 0 bridgehead atoms. The molecule has 0 saturated carbocycles. The van der Waals surface area contributed by atoms with Gasteiger partial charge in [0.25, 0.3) is 5.91 Å². The Morgan fingerprint density at radius 3 is 2.65 bits per heavy atom. The van der Waals surface area contributed by atoms with Crippen molar-refractivity contribution in [3.8, 4) is 0 Å². The van der Waals surface area contributed by atoms with Gasteiger partial charge in [0, 0.05) is 31.1 Å². The molecule has 138 valence electrons. The molecule has 2 aliphatic rings. The lowest BCUT2D eigenvalue weighted by Crippen LogP contribution is -2.36. The molecule has 26 heavy (non-hydrogen) atoms. The van der Waals surface area contributed by atoms with E-state index in [-0.39, 0.29) is 17.9 Å². The molecule has 0 radical (unpaired) electrons. The monoisotopic (exact) mass is 372 g/mol. The number of rotatable bonds is 4. The molecule has 6 nitrogen and oxygen atoms in total. The Balaban J connectivity index is 1.40. The zero-order valence-corrected chi connectivity index (χ0v) is 15.6. The Labute approximate surface area is 157 Å². The van der Waals surface area contributed by atoms with E-state index < -0.39 is 0 Å². The molecule has 0 aliphatic carbocycles. The molecule has 4 heterocycles. The van der Waals surface area contributed by atoms with Crippen molar-refractivity contribution >= 4 is 23.1 Å². The minimum absolute atomic E-state index is 0.0140. The molecule has 2 aliphatic heterocycles. The molecule has 0 spiro atoms. The van der Waals surface area contributed by atoms with Gasteiger partial charge in [-0.3, -0.25) is 9.78 Å². The number of hydrogen-bond donors (Lipinski definition) is 1. The number of aliphatic hydroxyl groups excluding tert-OH is 1. The van der Waals surface area contributed by atoms with Crippen molar-refractivity contribution in [3.63, 3.8) is 0 Å². The Kier molecular flexibility index (Phi) is 5.17. The van der Waals surface area contributed by atoms with Crippen LogP contribution < -0.4 is 4.90 Å². The van der Waals surface area contributed by atoms with Crippen LogP contribution in [0.2, 0.25) is 0 Å². The van der Waals surface area contributed by atoms with Crippen LogP contribution in [0.5, 0.6) is 0 Å². The van der Waals surface area contributed by atoms with Crippen LogP contribution in [0.15, 0.2) is 29.9 Å². The zero-order valence-electron chi connectivity index (χ0n) is 14.8. The standard InChI is InChI=1S/C19H24N4O2S/c24-18(16-4-3-11-26-16)14-5-9-22(10-6-14)17-13-20-12-15(21-17)19(25)23-7-1-2-8-23/h3-4,11-14,18,24H,1-2,5-10H2. The lowest BCUT2D eigenvalue weighted by Gasteiger charge is -2.34. The minimum Gasteiger partial charge on any atom is -0.387 e. The van der Waals surface area contributed by atoms with E-state index in [9.17, 15) is 9.90 Å². The number of thiophene rings is 1. The summed E-state index contributed by atoms with van der Waals surface area (Å²) in [7, 11) is 0. The van der Waals surface area contributed by atoms with E-state index in [0.29, 0.717) is 5.69 Å². The molecule has 1 atom stereocenters. The maximum atomic E-state index is 12.5. The van der Waals surface area contributed by atoms with Gasteiger partial charge in [-0.1, -0.05) is 6.07 Å². The number of amides is 1. The van der Waals surface area contributed by atoms with E-state index in [0.717, 1.165) is 62.6 Å². The molecule has 1 unspecified atom stereocenters. The van der Waals surface area contributed by atoms with E-state index in [1.54, 1.807) is 23.7 Å². The smallest absolute Gasteiger partial charge is 0.274 e. The van der Waals surface area contributed by atoms with Crippen LogP contribution >= 0.6 is 11.3 Å². The Hall–Kier alpha value is -1.99. The minimum atomic E-state index is -0.383. The van der Waals surface area contributed by atoms with Crippen LogP contribution in [0.3, 0.4) is 0 Å². The van der Waals surface area contributed by atoms with Crippen LogP contribution in [-0.4, -0.2) is 52.1 Å². The van der Waals surface area contributed by atoms with E-state index in [4.69, 9.17) is 0 Å². The molecule has 7 heteroatoms. The summed E-state index contributed by atoms with van der Waals surface area (Å²) in [4.78, 5) is 26.4. The maximum Gasteiger partial charge on any atom is 0.274 e. The number of nitrogens with zero attached hydrogens (tertiary/aromatic N) is 4. The average Bonchev–Trinajstić information content (AvgIpc) is 3.41. The summed E-state index contributed by atoms with van der Waals surface area (Å²) in [5.74, 6) is 1.02. The van der Waals surface area contributed by atoms with Crippen LogP contribution in [-0.2, 0) is 0 Å². The summed E-state index contributed by atoms with van der Waals surface area (Å²) in [5, 5.41) is 12.5. The molecule has 2 saturated heterocycles. The fourth-order valence-corrected chi connectivity index (χ4v) is 4.63. The fraction of sp³-hybridized carbons (Fsp3) is 0.526. The third-order valence-corrected chi connectivity index (χ3v) is 6.32. The zero-order chi connectivity index (χ0) is 17.9. The number of carbonyl (C=O) groups excluding carboxylic acids is 1. The number of aromatic nitrogens is 2. The fourth-order valence-electron chi connectivity index (χ4n) is 3.83. The van der Waals surface area contributed by atoms with Crippen molar-refractivity contribution in [2.75, 3.05) is 31.1 Å². The number of aliphatic hydroxyl groups is 1. The van der Waals surface area contributed by atoms with Gasteiger partial charge in [0.15, 0.2) is 0 Å². The lowest BCUT2D eigenvalue weighted by atomic mass is 9.90. The first-order chi connectivity index (χ1) is 12.7. The van der Waals surface area contributed by atoms with Crippen LogP contribution in [0, 0.1) is 5.92 Å². The van der Waals surface area contributed by atoms with Gasteiger partial charge >= 0.3 is 0 Å². The summed E-state index contributed by atoms with van der Waals surface area (Å²) in [5.41, 5.74) is 0.435. The van der Waals surface area contributed by atoms with Gasteiger partial charge < -0.3 is 14.9 Å². The Morgan fingerprint density at radius 2 is 1.96 bits per heavy atom. The topological polar surface area (TPSA) is 69.6 Å². The predicted octanol–water partition coefficient (Wildman–Crippen LogP) is 2.72. The number of likely N-dealkylation sites (tertiary alicyclic amines) is 1. The van der Waals surface area contributed by atoms with E-state index >= 15 is 0 Å². The first-order valence-electron chi connectivity index (χ1n) is 9.30. The van der Waals surface area contributed by atoms with Crippen molar-refractivity contribution in [2.24, 2.45) is 5.92 Å². The van der Waals surface area contributed by atoms with Gasteiger partial charge in [-0.15, -0.1) is 11.3 Å². The normalized spacial score (nSPS) is 19.7. The number of hydrogen-bond acceptors (Lipinski definition) is 6. The maximum absolute atomic E-state index is 12.5. The quantitative estimate of drug-likeness (QED) is 0.894. The molecule has 1 amide bonds. The predicted molar refractivity (Wildman–Crippen MR) is 101 cm³/mol. The van der Waals surface area contributed by atoms with Crippen molar-refractivity contribution in [3.05, 3.63) is 40.5 Å². The largest absolute Gasteiger partial charge is 0.387 e. The van der Waals surface area contributed by atoms with E-state index in [2.05, 4.69) is 14.9 Å². The summed E-state index contributed by atoms with van der Waals surface area (Å²) < 4.78 is 0. The summed E-state index contributed by atoms with van der Waals surface area (Å²) in [6.07, 6.45) is 6.87. The van der Waals surface area contributed by atoms with Crippen LogP contribution in [0.25, 0.3) is 0 Å². The van der Waals surface area contributed by atoms with E-state index in [1.165, 1.54) is 0 Å². The number of piperidine rings is 1. The van der Waals surface area contributed by atoms with Gasteiger partial charge in [0.1, 0.15) is 11.5 Å². The van der Waals surface area contributed by atoms with Crippen molar-refractivity contribution in [1.29, 1.82) is 0 Å². The SMILES string of the molecule is O=C(c1cncc(N2CCC(C(O)c3cccs3)CC2)n1)N1CCCC1. The highest BCUT2D eigenvalue weighted by atomic mass is 32.1. The van der Waals surface area contributed by atoms with Gasteiger partial charge in [0.05, 0.1) is 18.5 Å². The van der Waals surface area contributed by atoms with Gasteiger partial charge in [-0.25, -0.2) is 4.98 Å². The Morgan fingerprint density at radius 1 is 1.19 bits per heavy atom. The second-order valence-corrected chi connectivity index (χ2v) is 8.03. The number of anilines is 1. The first kappa shape index (κ1) is 17.4. The third-order valence-electron chi connectivity index (χ3n) is 5.38. The highest BCUT2D eigenvalue weighted by Gasteiger charge is 2.28. The summed E-state index contributed by atoms with van der Waals surface area (Å²) in [6, 6.07) is 3.98. The first-order valence-corrected chi connectivity index (χ1v) is 10.2. The van der Waals surface area contributed by atoms with Crippen LogP contribution in [0.1, 0.15) is 47.2 Å². The molecule has 2 aromatic heterocycles. The Bertz CT molecular complexity index is 738. The summed E-state index contributed by atoms with van der Waals surface area (Å²) in [6.45, 7) is 3.28. The highest BCUT2D eigenvalue weighted by Crippen LogP contribution is 2.33. The van der Waals surface area contributed by atoms with Gasteiger partial charge in [0.2, 0.25) is 0 Å². The van der Waals surface area contributed by atoms with E-state index in [1.807, 2.05) is 22.4 Å². The average molecular weight is 372 g/mol. The molecule has 4 rings (SSSR count). The lowest BCUT2D eigenvalue weighted by molar-refractivity contribution is 0.0786. The molecule has 0 aromatic carbocycles. The van der Waals surface area contributed by atoms with Gasteiger partial charge in [-0.05, 0) is 43.0 Å². The van der Waals surface area contributed by atoms with Crippen molar-refractivity contribution in [1.82, 2.24) is 14.9 Å². The number of carbonyl (C=O) groups is 1. The second kappa shape index (κ2) is 7.72. The molecular formula is C19H24N4O2S. The molecule has 1 N–H and O–H groups in total. The highest BCUT2D eigenvalue weighted by molar-refractivity contribution is 7.10. The van der Waals surface area contributed by atoms with Gasteiger partial charge in [-0.2, -0.15) is 0 Å². The molecule has 2 aromatic rings. The van der Waals surface area contributed by atoms with Crippen molar-refractivity contribution < 1.29 is 9.90 Å². The molecule has 2 fully saturated rings.